The van der Waals surface area contributed by atoms with Gasteiger partial charge in [0, 0.05) is 28.6 Å². The molecule has 0 saturated carbocycles. The minimum Gasteiger partial charge on any atom is -0.465 e. The molecule has 0 bridgehead atoms. The maximum atomic E-state index is 12.5. The highest BCUT2D eigenvalue weighted by molar-refractivity contribution is 7.99. The van der Waals surface area contributed by atoms with Crippen molar-refractivity contribution in [3.63, 3.8) is 0 Å². The lowest BCUT2D eigenvalue weighted by atomic mass is 10.2. The summed E-state index contributed by atoms with van der Waals surface area (Å²) in [6.45, 7) is 0.747. The lowest BCUT2D eigenvalue weighted by molar-refractivity contribution is -0.118. The van der Waals surface area contributed by atoms with Crippen LogP contribution in [-0.4, -0.2) is 41.3 Å². The monoisotopic (exact) mass is 494 g/mol. The summed E-state index contributed by atoms with van der Waals surface area (Å²) in [6.07, 6.45) is 3.19. The Bertz CT molecular complexity index is 1120. The maximum absolute atomic E-state index is 12.5. The van der Waals surface area contributed by atoms with Gasteiger partial charge in [-0.05, 0) is 60.9 Å². The SMILES string of the molecule is COC(=O)c1ccc2c(c1)sc(=NC(=O)CCCSc1ccc(Cl)cc1)n2CCSC. The number of thioether (sulfide) groups is 2. The Morgan fingerprint density at radius 1 is 1.16 bits per heavy atom. The molecule has 0 atom stereocenters. The van der Waals surface area contributed by atoms with Crippen LogP contribution in [0.5, 0.6) is 0 Å². The number of aryl methyl sites for hydroxylation is 1. The van der Waals surface area contributed by atoms with E-state index in [0.717, 1.165) is 44.6 Å². The van der Waals surface area contributed by atoms with E-state index in [1.165, 1.54) is 18.4 Å². The highest BCUT2D eigenvalue weighted by atomic mass is 35.5. The summed E-state index contributed by atoms with van der Waals surface area (Å²) in [5.74, 6) is 1.24. The van der Waals surface area contributed by atoms with Gasteiger partial charge >= 0.3 is 5.97 Å². The number of nitrogens with zero attached hydrogens (tertiary/aromatic N) is 2. The van der Waals surface area contributed by atoms with E-state index in [1.807, 2.05) is 36.6 Å². The van der Waals surface area contributed by atoms with Crippen LogP contribution in [0.1, 0.15) is 23.2 Å². The number of esters is 1. The maximum Gasteiger partial charge on any atom is 0.337 e. The summed E-state index contributed by atoms with van der Waals surface area (Å²) < 4.78 is 7.78. The number of methoxy groups -OCH3 is 1. The molecule has 0 spiro atoms. The highest BCUT2D eigenvalue weighted by Crippen LogP contribution is 2.22. The third kappa shape index (κ3) is 6.62. The average molecular weight is 495 g/mol. The molecule has 0 N–H and O–H groups in total. The topological polar surface area (TPSA) is 60.7 Å². The van der Waals surface area contributed by atoms with E-state index in [2.05, 4.69) is 9.56 Å². The normalized spacial score (nSPS) is 11.8. The Morgan fingerprint density at radius 3 is 2.65 bits per heavy atom. The van der Waals surface area contributed by atoms with E-state index in [-0.39, 0.29) is 11.9 Å². The molecule has 0 radical (unpaired) electrons. The van der Waals surface area contributed by atoms with E-state index in [9.17, 15) is 9.59 Å². The molecule has 9 heteroatoms. The first-order chi connectivity index (χ1) is 15.0. The van der Waals surface area contributed by atoms with Gasteiger partial charge in [-0.3, -0.25) is 4.79 Å². The van der Waals surface area contributed by atoms with Gasteiger partial charge < -0.3 is 9.30 Å². The molecular weight excluding hydrogens is 472 g/mol. The third-order valence-electron chi connectivity index (χ3n) is 4.46. The Labute approximate surface area is 198 Å². The fourth-order valence-electron chi connectivity index (χ4n) is 2.91. The zero-order valence-corrected chi connectivity index (χ0v) is 20.5. The van der Waals surface area contributed by atoms with E-state index < -0.39 is 0 Å². The van der Waals surface area contributed by atoms with Crippen molar-refractivity contribution in [1.29, 1.82) is 0 Å². The second kappa shape index (κ2) is 11.8. The molecule has 0 saturated heterocycles. The second-order valence-corrected chi connectivity index (χ2v) is 10.2. The fourth-order valence-corrected chi connectivity index (χ4v) is 5.37. The average Bonchev–Trinajstić information content (AvgIpc) is 3.11. The van der Waals surface area contributed by atoms with Crippen LogP contribution >= 0.6 is 46.5 Å². The standard InChI is InChI=1S/C22H23ClN2O3S3/c1-28-21(27)15-5-10-18-19(14-15)31-22(25(18)11-13-29-2)24-20(26)4-3-12-30-17-8-6-16(23)7-9-17/h5-10,14H,3-4,11-13H2,1-2H3. The van der Waals surface area contributed by atoms with Crippen LogP contribution in [0.4, 0.5) is 0 Å². The molecule has 1 aromatic heterocycles. The van der Waals surface area contributed by atoms with E-state index in [4.69, 9.17) is 16.3 Å². The van der Waals surface area contributed by atoms with E-state index in [0.29, 0.717) is 16.8 Å². The molecule has 31 heavy (non-hydrogen) atoms. The summed E-state index contributed by atoms with van der Waals surface area (Å²) in [5.41, 5.74) is 1.46. The van der Waals surface area contributed by atoms with Gasteiger partial charge in [0.2, 0.25) is 5.91 Å². The van der Waals surface area contributed by atoms with Crippen molar-refractivity contribution in [2.45, 2.75) is 24.3 Å². The number of halogens is 1. The van der Waals surface area contributed by atoms with E-state index >= 15 is 0 Å². The van der Waals surface area contributed by atoms with Crippen molar-refractivity contribution < 1.29 is 14.3 Å². The van der Waals surface area contributed by atoms with Gasteiger partial charge in [-0.25, -0.2) is 4.79 Å². The molecule has 1 heterocycles. The van der Waals surface area contributed by atoms with Gasteiger partial charge in [-0.15, -0.1) is 11.8 Å². The van der Waals surface area contributed by atoms with Crippen molar-refractivity contribution in [3.05, 3.63) is 57.9 Å². The number of fused-ring (bicyclic) bond motifs is 1. The number of rotatable bonds is 9. The molecular formula is C22H23ClN2O3S3. The van der Waals surface area contributed by atoms with Gasteiger partial charge in [0.1, 0.15) is 0 Å². The van der Waals surface area contributed by atoms with Gasteiger partial charge in [-0.1, -0.05) is 22.9 Å². The number of carbonyl (C=O) groups is 2. The van der Waals surface area contributed by atoms with Crippen molar-refractivity contribution in [3.8, 4) is 0 Å². The van der Waals surface area contributed by atoms with Crippen molar-refractivity contribution in [2.24, 2.45) is 4.99 Å². The number of aromatic nitrogens is 1. The van der Waals surface area contributed by atoms with Gasteiger partial charge in [0.15, 0.2) is 4.80 Å². The van der Waals surface area contributed by atoms with E-state index in [1.54, 1.807) is 35.7 Å². The summed E-state index contributed by atoms with van der Waals surface area (Å²) in [7, 11) is 1.37. The lowest BCUT2D eigenvalue weighted by Gasteiger charge is -2.04. The number of hydrogen-bond donors (Lipinski definition) is 0. The Balaban J connectivity index is 1.72. The minimum atomic E-state index is -0.376. The number of carbonyl (C=O) groups excluding carboxylic acids is 2. The molecule has 0 fully saturated rings. The number of thiazole rings is 1. The first kappa shape index (κ1) is 23.9. The lowest BCUT2D eigenvalue weighted by Crippen LogP contribution is -2.18. The van der Waals surface area contributed by atoms with Crippen LogP contribution in [0.25, 0.3) is 10.2 Å². The van der Waals surface area contributed by atoms with Gasteiger partial charge in [0.25, 0.3) is 0 Å². The number of hydrogen-bond acceptors (Lipinski definition) is 6. The molecule has 3 rings (SSSR count). The smallest absolute Gasteiger partial charge is 0.337 e. The molecule has 0 aliphatic heterocycles. The zero-order valence-electron chi connectivity index (χ0n) is 17.3. The van der Waals surface area contributed by atoms with Crippen LogP contribution < -0.4 is 4.80 Å². The Kier molecular flexibility index (Phi) is 9.07. The predicted molar refractivity (Wildman–Crippen MR) is 132 cm³/mol. The molecule has 0 unspecified atom stereocenters. The minimum absolute atomic E-state index is 0.130. The molecule has 164 valence electrons. The summed E-state index contributed by atoms with van der Waals surface area (Å²) in [4.78, 5) is 30.6. The Hall–Kier alpha value is -1.74. The van der Waals surface area contributed by atoms with Crippen LogP contribution in [-0.2, 0) is 16.1 Å². The molecule has 1 amide bonds. The fraction of sp³-hybridized carbons (Fsp3) is 0.318. The van der Waals surface area contributed by atoms with Crippen LogP contribution in [0, 0.1) is 0 Å². The van der Waals surface area contributed by atoms with Gasteiger partial charge in [-0.2, -0.15) is 16.8 Å². The summed E-state index contributed by atoms with van der Waals surface area (Å²) >= 11 is 10.8. The van der Waals surface area contributed by atoms with Crippen molar-refractivity contribution in [1.82, 2.24) is 4.57 Å². The van der Waals surface area contributed by atoms with Crippen LogP contribution in [0.15, 0.2) is 52.4 Å². The number of ether oxygens (including phenoxy) is 1. The predicted octanol–water partition coefficient (Wildman–Crippen LogP) is 5.51. The number of amides is 1. The molecule has 5 nitrogen and oxygen atoms in total. The highest BCUT2D eigenvalue weighted by Gasteiger charge is 2.12. The first-order valence-electron chi connectivity index (χ1n) is 9.68. The molecule has 3 aromatic rings. The van der Waals surface area contributed by atoms with Crippen molar-refractivity contribution >= 4 is 68.6 Å². The van der Waals surface area contributed by atoms with Crippen LogP contribution in [0.2, 0.25) is 5.02 Å². The summed E-state index contributed by atoms with van der Waals surface area (Å²) in [6, 6.07) is 13.1. The van der Waals surface area contributed by atoms with Crippen molar-refractivity contribution in [2.75, 3.05) is 24.9 Å². The van der Waals surface area contributed by atoms with Crippen LogP contribution in [0.3, 0.4) is 0 Å². The zero-order chi connectivity index (χ0) is 22.2. The Morgan fingerprint density at radius 2 is 1.94 bits per heavy atom. The quantitative estimate of drug-likeness (QED) is 0.223. The van der Waals surface area contributed by atoms with Gasteiger partial charge in [0.05, 0.1) is 22.9 Å². The summed E-state index contributed by atoms with van der Waals surface area (Å²) in [5, 5.41) is 0.718. The largest absolute Gasteiger partial charge is 0.465 e. The molecule has 0 aliphatic rings. The molecule has 0 aliphatic carbocycles. The first-order valence-corrected chi connectivity index (χ1v) is 13.3. The number of benzene rings is 2. The molecule has 2 aromatic carbocycles. The third-order valence-corrected chi connectivity index (χ3v) is 7.44. The second-order valence-electron chi connectivity index (χ2n) is 6.61.